The highest BCUT2D eigenvalue weighted by molar-refractivity contribution is 5.32. The van der Waals surface area contributed by atoms with E-state index in [0.29, 0.717) is 6.04 Å². The highest BCUT2D eigenvalue weighted by Crippen LogP contribution is 2.33. The van der Waals surface area contributed by atoms with Gasteiger partial charge in [0.2, 0.25) is 0 Å². The summed E-state index contributed by atoms with van der Waals surface area (Å²) in [4.78, 5) is 0. The number of rotatable bonds is 4. The molecular weight excluding hydrogens is 208 g/mol. The van der Waals surface area contributed by atoms with Crippen LogP contribution in [0.15, 0.2) is 24.3 Å². The monoisotopic (exact) mass is 230 g/mol. The van der Waals surface area contributed by atoms with Gasteiger partial charge < -0.3 is 10.6 Å². The number of fused-ring (bicyclic) bond motifs is 1. The Kier molecular flexibility index (Phi) is 3.17. The van der Waals surface area contributed by atoms with Crippen molar-refractivity contribution in [2.45, 2.75) is 38.3 Å². The summed E-state index contributed by atoms with van der Waals surface area (Å²) in [5.41, 5.74) is 3.03. The molecule has 1 aromatic rings. The Hall–Kier alpha value is -0.860. The number of hydrogen-bond acceptors (Lipinski definition) is 2. The maximum atomic E-state index is 3.71. The van der Waals surface area contributed by atoms with Crippen LogP contribution in [-0.4, -0.2) is 19.1 Å². The van der Waals surface area contributed by atoms with Crippen LogP contribution in [-0.2, 0) is 6.42 Å². The van der Waals surface area contributed by atoms with Gasteiger partial charge in [0.15, 0.2) is 0 Å². The van der Waals surface area contributed by atoms with Crippen molar-refractivity contribution in [2.24, 2.45) is 5.92 Å². The molecule has 1 aliphatic carbocycles. The van der Waals surface area contributed by atoms with E-state index in [1.807, 2.05) is 0 Å². The summed E-state index contributed by atoms with van der Waals surface area (Å²) in [5, 5.41) is 7.33. The molecular formula is C15H22N2. The fourth-order valence-electron chi connectivity index (χ4n) is 2.99. The maximum absolute atomic E-state index is 3.71. The van der Waals surface area contributed by atoms with E-state index in [1.165, 1.54) is 30.4 Å². The van der Waals surface area contributed by atoms with E-state index in [1.54, 1.807) is 0 Å². The van der Waals surface area contributed by atoms with Crippen molar-refractivity contribution in [2.75, 3.05) is 13.1 Å². The second kappa shape index (κ2) is 4.79. The summed E-state index contributed by atoms with van der Waals surface area (Å²) in [7, 11) is 0. The van der Waals surface area contributed by atoms with Crippen LogP contribution in [0.25, 0.3) is 0 Å². The lowest BCUT2D eigenvalue weighted by atomic mass is 9.94. The topological polar surface area (TPSA) is 24.1 Å². The van der Waals surface area contributed by atoms with Crippen LogP contribution < -0.4 is 10.6 Å². The van der Waals surface area contributed by atoms with E-state index >= 15 is 0 Å². The molecule has 0 bridgehead atoms. The summed E-state index contributed by atoms with van der Waals surface area (Å²) in [6.45, 7) is 4.49. The molecule has 0 aromatic heterocycles. The summed E-state index contributed by atoms with van der Waals surface area (Å²) in [5.74, 6) is 0.939. The SMILES string of the molecule is CCC1CC1NCC1NCCc2ccccc21. The first kappa shape index (κ1) is 11.2. The maximum Gasteiger partial charge on any atom is 0.0449 e. The van der Waals surface area contributed by atoms with E-state index in [9.17, 15) is 0 Å². The molecule has 1 aliphatic heterocycles. The predicted molar refractivity (Wildman–Crippen MR) is 71.1 cm³/mol. The predicted octanol–water partition coefficient (Wildman–Crippen LogP) is 2.26. The highest BCUT2D eigenvalue weighted by Gasteiger charge is 2.35. The van der Waals surface area contributed by atoms with Gasteiger partial charge in [0.05, 0.1) is 0 Å². The van der Waals surface area contributed by atoms with E-state index in [4.69, 9.17) is 0 Å². The van der Waals surface area contributed by atoms with Crippen LogP contribution in [0.2, 0.25) is 0 Å². The Morgan fingerprint density at radius 1 is 1.35 bits per heavy atom. The van der Waals surface area contributed by atoms with Crippen molar-refractivity contribution in [3.63, 3.8) is 0 Å². The Labute approximate surface area is 104 Å². The van der Waals surface area contributed by atoms with Crippen LogP contribution >= 0.6 is 0 Å². The van der Waals surface area contributed by atoms with Crippen LogP contribution in [0.4, 0.5) is 0 Å². The molecule has 0 radical (unpaired) electrons. The second-order valence-corrected chi connectivity index (χ2v) is 5.37. The largest absolute Gasteiger partial charge is 0.312 e. The van der Waals surface area contributed by atoms with Crippen LogP contribution in [0, 0.1) is 5.92 Å². The van der Waals surface area contributed by atoms with Crippen molar-refractivity contribution in [1.29, 1.82) is 0 Å². The average molecular weight is 230 g/mol. The van der Waals surface area contributed by atoms with Gasteiger partial charge in [-0.3, -0.25) is 0 Å². The molecule has 1 saturated carbocycles. The van der Waals surface area contributed by atoms with E-state index in [0.717, 1.165) is 25.0 Å². The standard InChI is InChI=1S/C15H22N2/c1-2-11-9-14(11)17-10-15-13-6-4-3-5-12(13)7-8-16-15/h3-6,11,14-17H,2,7-10H2,1H3. The molecule has 3 rings (SSSR count). The first-order valence-corrected chi connectivity index (χ1v) is 6.93. The summed E-state index contributed by atoms with van der Waals surface area (Å²) in [6.07, 6.45) is 3.88. The van der Waals surface area contributed by atoms with Gasteiger partial charge in [-0.05, 0) is 36.4 Å². The lowest BCUT2D eigenvalue weighted by molar-refractivity contribution is 0.460. The minimum Gasteiger partial charge on any atom is -0.312 e. The van der Waals surface area contributed by atoms with Crippen molar-refractivity contribution in [3.05, 3.63) is 35.4 Å². The molecule has 2 heteroatoms. The lowest BCUT2D eigenvalue weighted by Crippen LogP contribution is -2.37. The van der Waals surface area contributed by atoms with Gasteiger partial charge in [-0.15, -0.1) is 0 Å². The summed E-state index contributed by atoms with van der Waals surface area (Å²) >= 11 is 0. The van der Waals surface area contributed by atoms with Gasteiger partial charge in [0.1, 0.15) is 0 Å². The van der Waals surface area contributed by atoms with Crippen LogP contribution in [0.5, 0.6) is 0 Å². The van der Waals surface area contributed by atoms with Crippen molar-refractivity contribution >= 4 is 0 Å². The van der Waals surface area contributed by atoms with Crippen molar-refractivity contribution < 1.29 is 0 Å². The molecule has 3 atom stereocenters. The molecule has 0 spiro atoms. The minimum absolute atomic E-state index is 0.512. The van der Waals surface area contributed by atoms with Gasteiger partial charge in [-0.2, -0.15) is 0 Å². The third kappa shape index (κ3) is 2.38. The molecule has 17 heavy (non-hydrogen) atoms. The lowest BCUT2D eigenvalue weighted by Gasteiger charge is -2.27. The zero-order chi connectivity index (χ0) is 11.7. The van der Waals surface area contributed by atoms with Gasteiger partial charge >= 0.3 is 0 Å². The zero-order valence-corrected chi connectivity index (χ0v) is 10.6. The third-order valence-corrected chi connectivity index (χ3v) is 4.25. The molecule has 2 N–H and O–H groups in total. The Morgan fingerprint density at radius 2 is 2.24 bits per heavy atom. The molecule has 2 aliphatic rings. The van der Waals surface area contributed by atoms with Crippen molar-refractivity contribution in [3.8, 4) is 0 Å². The molecule has 1 fully saturated rings. The summed E-state index contributed by atoms with van der Waals surface area (Å²) in [6, 6.07) is 10.2. The van der Waals surface area contributed by atoms with Gasteiger partial charge in [-0.25, -0.2) is 0 Å². The van der Waals surface area contributed by atoms with Gasteiger partial charge in [0.25, 0.3) is 0 Å². The van der Waals surface area contributed by atoms with Crippen molar-refractivity contribution in [1.82, 2.24) is 10.6 Å². The Balaban J connectivity index is 1.61. The van der Waals surface area contributed by atoms with Gasteiger partial charge in [0, 0.05) is 18.6 Å². The minimum atomic E-state index is 0.512. The molecule has 1 heterocycles. The van der Waals surface area contributed by atoms with E-state index in [2.05, 4.69) is 41.8 Å². The van der Waals surface area contributed by atoms with Crippen LogP contribution in [0.1, 0.15) is 36.9 Å². The normalized spacial score (nSPS) is 31.0. The number of hydrogen-bond donors (Lipinski definition) is 2. The first-order valence-electron chi connectivity index (χ1n) is 6.93. The zero-order valence-electron chi connectivity index (χ0n) is 10.6. The Morgan fingerprint density at radius 3 is 3.06 bits per heavy atom. The Bertz CT molecular complexity index is 388. The molecule has 1 aromatic carbocycles. The molecule has 2 nitrogen and oxygen atoms in total. The fraction of sp³-hybridized carbons (Fsp3) is 0.600. The smallest absolute Gasteiger partial charge is 0.0449 e. The molecule has 3 unspecified atom stereocenters. The molecule has 92 valence electrons. The number of benzene rings is 1. The molecule has 0 saturated heterocycles. The summed E-state index contributed by atoms with van der Waals surface area (Å²) < 4.78 is 0. The van der Waals surface area contributed by atoms with Gasteiger partial charge in [-0.1, -0.05) is 37.6 Å². The fourth-order valence-corrected chi connectivity index (χ4v) is 2.99. The second-order valence-electron chi connectivity index (χ2n) is 5.37. The molecule has 0 amide bonds. The number of nitrogens with one attached hydrogen (secondary N) is 2. The van der Waals surface area contributed by atoms with E-state index in [-0.39, 0.29) is 0 Å². The van der Waals surface area contributed by atoms with Crippen LogP contribution in [0.3, 0.4) is 0 Å². The quantitative estimate of drug-likeness (QED) is 0.829. The third-order valence-electron chi connectivity index (χ3n) is 4.25. The first-order chi connectivity index (χ1) is 8.38. The average Bonchev–Trinajstić information content (AvgIpc) is 3.15. The highest BCUT2D eigenvalue weighted by atomic mass is 15.0. The van der Waals surface area contributed by atoms with E-state index < -0.39 is 0 Å².